The van der Waals surface area contributed by atoms with E-state index >= 15 is 0 Å². The van der Waals surface area contributed by atoms with E-state index < -0.39 is 73.2 Å². The van der Waals surface area contributed by atoms with E-state index in [1.54, 1.807) is 60.7 Å². The summed E-state index contributed by atoms with van der Waals surface area (Å²) in [7, 11) is -4.76. The Hall–Kier alpha value is -1.70. The molecule has 0 amide bonds. The second-order valence-corrected chi connectivity index (χ2v) is 11.3. The molecule has 3 aromatic carbocycles. The summed E-state index contributed by atoms with van der Waals surface area (Å²) in [5, 5.41) is 0. The second kappa shape index (κ2) is 10.1. The van der Waals surface area contributed by atoms with Crippen LogP contribution in [0.2, 0.25) is 0 Å². The van der Waals surface area contributed by atoms with Crippen molar-refractivity contribution in [2.75, 3.05) is 0 Å². The van der Waals surface area contributed by atoms with E-state index in [1.807, 2.05) is 0 Å². The monoisotopic (exact) mass is 576 g/mol. The fraction of sp³-hybridized carbons (Fsp3) is 0. The van der Waals surface area contributed by atoms with Crippen molar-refractivity contribution in [3.05, 3.63) is 89.7 Å². The molecule has 0 aliphatic heterocycles. The minimum atomic E-state index is -4.76. The zero-order chi connectivity index (χ0) is 21.7. The predicted molar refractivity (Wildman–Crippen MR) is 100 cm³/mol. The Morgan fingerprint density at radius 3 is 1.37 bits per heavy atom. The first kappa shape index (κ1) is 23.0. The molecule has 0 aliphatic rings. The maximum atomic E-state index is 14.0. The van der Waals surface area contributed by atoms with Gasteiger partial charge in [-0.3, -0.25) is 0 Å². The van der Waals surface area contributed by atoms with Crippen LogP contribution in [0.3, 0.4) is 0 Å². The van der Waals surface area contributed by atoms with E-state index in [9.17, 15) is 26.5 Å². The molecule has 0 bridgehead atoms. The normalized spacial score (nSPS) is 11.5. The summed E-state index contributed by atoms with van der Waals surface area (Å²) < 4.78 is 97.4. The van der Waals surface area contributed by atoms with Crippen molar-refractivity contribution in [2.45, 2.75) is 0 Å². The molecular formula is C18H10F5O4PSe2. The number of rotatable bonds is 8. The third-order valence-corrected chi connectivity index (χ3v) is 9.42. The number of hydrogen-bond acceptors (Lipinski definition) is 4. The molecule has 0 saturated carbocycles. The van der Waals surface area contributed by atoms with Gasteiger partial charge < -0.3 is 0 Å². The summed E-state index contributed by atoms with van der Waals surface area (Å²) in [6.07, 6.45) is 0. The van der Waals surface area contributed by atoms with Gasteiger partial charge in [-0.15, -0.1) is 0 Å². The molecule has 30 heavy (non-hydrogen) atoms. The molecule has 0 spiro atoms. The minimum absolute atomic E-state index is 0.571. The Labute approximate surface area is 180 Å². The summed E-state index contributed by atoms with van der Waals surface area (Å²) in [6, 6.07) is 16.7. The molecule has 0 saturated heterocycles. The van der Waals surface area contributed by atoms with Crippen molar-refractivity contribution in [2.24, 2.45) is 0 Å². The molecule has 12 heteroatoms. The van der Waals surface area contributed by atoms with Gasteiger partial charge in [0.2, 0.25) is 0 Å². The van der Waals surface area contributed by atoms with Gasteiger partial charge in [0.15, 0.2) is 0 Å². The molecule has 4 nitrogen and oxygen atoms in total. The first-order valence-electron chi connectivity index (χ1n) is 7.94. The van der Waals surface area contributed by atoms with Crippen molar-refractivity contribution in [1.82, 2.24) is 0 Å². The van der Waals surface area contributed by atoms with Crippen LogP contribution < -0.4 is 13.4 Å². The number of hydrogen-bond donors (Lipinski definition) is 0. The van der Waals surface area contributed by atoms with Gasteiger partial charge in [0, 0.05) is 0 Å². The molecule has 0 aromatic heterocycles. The third-order valence-electron chi connectivity index (χ3n) is 3.31. The fourth-order valence-corrected chi connectivity index (χ4v) is 7.48. The quantitative estimate of drug-likeness (QED) is 0.135. The summed E-state index contributed by atoms with van der Waals surface area (Å²) >= 11 is -2.01. The SMILES string of the molecule is O=P(O[Se]c1ccccc1)(O[Se]c1ccccc1)Oc1c(F)c(F)c(F)c(F)c1F. The predicted octanol–water partition coefficient (Wildman–Crippen LogP) is 3.79. The van der Waals surface area contributed by atoms with Gasteiger partial charge in [-0.1, -0.05) is 0 Å². The van der Waals surface area contributed by atoms with Gasteiger partial charge in [-0.05, 0) is 0 Å². The average molecular weight is 574 g/mol. The van der Waals surface area contributed by atoms with Crippen LogP contribution in [0.15, 0.2) is 60.7 Å². The molecule has 0 heterocycles. The second-order valence-electron chi connectivity index (χ2n) is 5.38. The van der Waals surface area contributed by atoms with Crippen LogP contribution >= 0.6 is 7.82 Å². The van der Waals surface area contributed by atoms with E-state index in [2.05, 4.69) is 4.52 Å². The fourth-order valence-electron chi connectivity index (χ4n) is 1.95. The van der Waals surface area contributed by atoms with Crippen molar-refractivity contribution in [1.29, 1.82) is 0 Å². The van der Waals surface area contributed by atoms with Gasteiger partial charge in [0.25, 0.3) is 0 Å². The zero-order valence-corrected chi connectivity index (χ0v) is 18.9. The third kappa shape index (κ3) is 5.50. The van der Waals surface area contributed by atoms with Crippen LogP contribution in [0.25, 0.3) is 0 Å². The number of phosphoric acid groups is 1. The summed E-state index contributed by atoms with van der Waals surface area (Å²) in [6.45, 7) is 0. The van der Waals surface area contributed by atoms with Crippen molar-refractivity contribution < 1.29 is 38.3 Å². The molecule has 3 aromatic rings. The average Bonchev–Trinajstić information content (AvgIpc) is 2.78. The summed E-state index contributed by atoms with van der Waals surface area (Å²) in [5.41, 5.74) is 0. The Morgan fingerprint density at radius 2 is 0.967 bits per heavy atom. The molecule has 0 radical (unpaired) electrons. The topological polar surface area (TPSA) is 44.8 Å². The Morgan fingerprint density at radius 1 is 0.600 bits per heavy atom. The number of halogens is 5. The van der Waals surface area contributed by atoms with Crippen LogP contribution in [0.5, 0.6) is 5.75 Å². The zero-order valence-electron chi connectivity index (χ0n) is 14.6. The first-order valence-corrected chi connectivity index (χ1v) is 12.5. The standard InChI is InChI=1S/C18H10F5O4PSe2/c19-13-14(20)16(22)18(17(23)15(13)21)25-28(24,26-29-11-7-3-1-4-8-11)27-30-12-9-5-2-6-10-12/h1-10H. The molecule has 3 rings (SSSR count). The molecule has 0 aliphatic carbocycles. The maximum absolute atomic E-state index is 14.0. The van der Waals surface area contributed by atoms with Crippen molar-refractivity contribution in [3.8, 4) is 5.75 Å². The molecule has 0 fully saturated rings. The molecule has 0 atom stereocenters. The molecule has 158 valence electrons. The van der Waals surface area contributed by atoms with Gasteiger partial charge >= 0.3 is 181 Å². The van der Waals surface area contributed by atoms with E-state index in [-0.39, 0.29) is 0 Å². The van der Waals surface area contributed by atoms with Crippen LogP contribution in [0, 0.1) is 29.1 Å². The van der Waals surface area contributed by atoms with Gasteiger partial charge in [0.1, 0.15) is 0 Å². The van der Waals surface area contributed by atoms with Crippen LogP contribution in [-0.2, 0) is 11.8 Å². The molecule has 0 unspecified atom stereocenters. The molecule has 0 N–H and O–H groups in total. The Balaban J connectivity index is 1.90. The van der Waals surface area contributed by atoms with Crippen LogP contribution in [0.1, 0.15) is 0 Å². The van der Waals surface area contributed by atoms with Crippen molar-refractivity contribution >= 4 is 47.3 Å². The van der Waals surface area contributed by atoms with E-state index in [0.29, 0.717) is 8.92 Å². The van der Waals surface area contributed by atoms with E-state index in [0.717, 1.165) is 0 Å². The summed E-state index contributed by atoms with van der Waals surface area (Å²) in [5.74, 6) is -13.1. The van der Waals surface area contributed by atoms with Gasteiger partial charge in [-0.2, -0.15) is 0 Å². The molecular weight excluding hydrogens is 564 g/mol. The van der Waals surface area contributed by atoms with Crippen LogP contribution in [-0.4, -0.2) is 30.6 Å². The Bertz CT molecular complexity index is 997. The first-order chi connectivity index (χ1) is 14.3. The van der Waals surface area contributed by atoms with Crippen molar-refractivity contribution in [3.63, 3.8) is 0 Å². The van der Waals surface area contributed by atoms with E-state index in [4.69, 9.17) is 7.21 Å². The van der Waals surface area contributed by atoms with Crippen LogP contribution in [0.4, 0.5) is 22.0 Å². The number of benzene rings is 3. The Kier molecular flexibility index (Phi) is 7.71. The van der Waals surface area contributed by atoms with Gasteiger partial charge in [-0.25, -0.2) is 0 Å². The summed E-state index contributed by atoms with van der Waals surface area (Å²) in [4.78, 5) is 0. The van der Waals surface area contributed by atoms with Gasteiger partial charge in [0.05, 0.1) is 0 Å². The van der Waals surface area contributed by atoms with E-state index in [1.165, 1.54) is 0 Å².